The van der Waals surface area contributed by atoms with E-state index in [1.807, 2.05) is 0 Å². The van der Waals surface area contributed by atoms with Gasteiger partial charge in [-0.3, -0.25) is 0 Å². The molecule has 1 aliphatic heterocycles. The van der Waals surface area contributed by atoms with E-state index in [2.05, 4.69) is 0 Å². The largest absolute Gasteiger partial charge is 0.493 e. The standard InChI is InChI=1S/C11H15NO4/c1-14-8-4-3-6-9(12)7(13)5-16-10(6)11(8)15-2/h3-4,7,9,13H,5,12H2,1-2H3. The number of benzene rings is 1. The Balaban J connectivity index is 2.52. The summed E-state index contributed by atoms with van der Waals surface area (Å²) in [7, 11) is 3.10. The fourth-order valence-electron chi connectivity index (χ4n) is 1.80. The van der Waals surface area contributed by atoms with Crippen LogP contribution in [0.15, 0.2) is 12.1 Å². The van der Waals surface area contributed by atoms with Crippen molar-refractivity contribution >= 4 is 0 Å². The fraction of sp³-hybridized carbons (Fsp3) is 0.455. The van der Waals surface area contributed by atoms with Gasteiger partial charge in [0.2, 0.25) is 5.75 Å². The lowest BCUT2D eigenvalue weighted by Gasteiger charge is -2.29. The maximum absolute atomic E-state index is 9.59. The van der Waals surface area contributed by atoms with Gasteiger partial charge in [0.15, 0.2) is 11.5 Å². The second-order valence-electron chi connectivity index (χ2n) is 3.62. The predicted molar refractivity (Wildman–Crippen MR) is 58.0 cm³/mol. The van der Waals surface area contributed by atoms with Gasteiger partial charge in [0.25, 0.3) is 0 Å². The molecule has 1 aromatic rings. The second kappa shape index (κ2) is 4.19. The average molecular weight is 225 g/mol. The molecule has 0 amide bonds. The zero-order valence-corrected chi connectivity index (χ0v) is 9.27. The third kappa shape index (κ3) is 1.58. The van der Waals surface area contributed by atoms with E-state index < -0.39 is 12.1 Å². The number of hydrogen-bond donors (Lipinski definition) is 2. The van der Waals surface area contributed by atoms with Crippen LogP contribution in [0.1, 0.15) is 11.6 Å². The summed E-state index contributed by atoms with van der Waals surface area (Å²) in [6.07, 6.45) is -0.689. The molecule has 2 atom stereocenters. The minimum atomic E-state index is -0.689. The first kappa shape index (κ1) is 11.0. The van der Waals surface area contributed by atoms with E-state index in [1.54, 1.807) is 19.2 Å². The predicted octanol–water partition coefficient (Wildman–Crippen LogP) is 0.457. The van der Waals surface area contributed by atoms with Crippen molar-refractivity contribution in [3.05, 3.63) is 17.7 Å². The van der Waals surface area contributed by atoms with E-state index in [1.165, 1.54) is 7.11 Å². The molecule has 0 radical (unpaired) electrons. The molecule has 1 aliphatic rings. The zero-order valence-electron chi connectivity index (χ0n) is 9.27. The number of hydrogen-bond acceptors (Lipinski definition) is 5. The normalized spacial score (nSPS) is 23.2. The number of ether oxygens (including phenoxy) is 3. The van der Waals surface area contributed by atoms with Gasteiger partial charge in [-0.1, -0.05) is 0 Å². The number of fused-ring (bicyclic) bond motifs is 1. The molecule has 1 aromatic carbocycles. The molecule has 2 unspecified atom stereocenters. The molecule has 0 saturated heterocycles. The molecule has 0 bridgehead atoms. The first-order chi connectivity index (χ1) is 7.69. The first-order valence-corrected chi connectivity index (χ1v) is 5.00. The van der Waals surface area contributed by atoms with Crippen LogP contribution in [0, 0.1) is 0 Å². The molecular formula is C11H15NO4. The van der Waals surface area contributed by atoms with Gasteiger partial charge in [-0.05, 0) is 12.1 Å². The highest BCUT2D eigenvalue weighted by Crippen LogP contribution is 2.44. The van der Waals surface area contributed by atoms with Gasteiger partial charge in [0.1, 0.15) is 12.7 Å². The summed E-state index contributed by atoms with van der Waals surface area (Å²) >= 11 is 0. The lowest BCUT2D eigenvalue weighted by atomic mass is 9.98. The number of rotatable bonds is 2. The smallest absolute Gasteiger partial charge is 0.203 e. The molecule has 1 heterocycles. The Morgan fingerprint density at radius 3 is 2.75 bits per heavy atom. The molecule has 3 N–H and O–H groups in total. The third-order valence-corrected chi connectivity index (χ3v) is 2.70. The lowest BCUT2D eigenvalue weighted by molar-refractivity contribution is 0.0656. The van der Waals surface area contributed by atoms with Gasteiger partial charge in [-0.2, -0.15) is 0 Å². The van der Waals surface area contributed by atoms with Crippen LogP contribution >= 0.6 is 0 Å². The second-order valence-corrected chi connectivity index (χ2v) is 3.62. The number of aliphatic hydroxyl groups is 1. The van der Waals surface area contributed by atoms with Gasteiger partial charge >= 0.3 is 0 Å². The minimum Gasteiger partial charge on any atom is -0.493 e. The molecule has 5 heteroatoms. The van der Waals surface area contributed by atoms with Crippen LogP contribution in [-0.4, -0.2) is 32.0 Å². The zero-order chi connectivity index (χ0) is 11.7. The molecule has 88 valence electrons. The highest BCUT2D eigenvalue weighted by Gasteiger charge is 2.30. The Bertz CT molecular complexity index is 394. The quantitative estimate of drug-likeness (QED) is 0.764. The summed E-state index contributed by atoms with van der Waals surface area (Å²) in [6.45, 7) is 0.164. The lowest BCUT2D eigenvalue weighted by Crippen LogP contribution is -2.35. The van der Waals surface area contributed by atoms with E-state index in [4.69, 9.17) is 19.9 Å². The Hall–Kier alpha value is -1.46. The molecule has 0 aromatic heterocycles. The topological polar surface area (TPSA) is 73.9 Å². The fourth-order valence-corrected chi connectivity index (χ4v) is 1.80. The number of aliphatic hydroxyl groups excluding tert-OH is 1. The van der Waals surface area contributed by atoms with Gasteiger partial charge in [-0.15, -0.1) is 0 Å². The monoisotopic (exact) mass is 225 g/mol. The molecule has 2 rings (SSSR count). The SMILES string of the molecule is COc1ccc2c(c1OC)OCC(O)C2N. The highest BCUT2D eigenvalue weighted by atomic mass is 16.5. The van der Waals surface area contributed by atoms with Crippen LogP contribution in [0.3, 0.4) is 0 Å². The molecule has 5 nitrogen and oxygen atoms in total. The minimum absolute atomic E-state index is 0.164. The van der Waals surface area contributed by atoms with Crippen molar-refractivity contribution in [1.29, 1.82) is 0 Å². The van der Waals surface area contributed by atoms with Gasteiger partial charge in [0, 0.05) is 5.56 Å². The molecule has 0 fully saturated rings. The van der Waals surface area contributed by atoms with Gasteiger partial charge in [0.05, 0.1) is 20.3 Å². The van der Waals surface area contributed by atoms with E-state index >= 15 is 0 Å². The molecule has 0 saturated carbocycles. The summed E-state index contributed by atoms with van der Waals surface area (Å²) in [6, 6.07) is 3.08. The summed E-state index contributed by atoms with van der Waals surface area (Å²) in [5, 5.41) is 9.59. The molecule has 0 aliphatic carbocycles. The van der Waals surface area contributed by atoms with Gasteiger partial charge < -0.3 is 25.1 Å². The number of nitrogens with two attached hydrogens (primary N) is 1. The van der Waals surface area contributed by atoms with Crippen molar-refractivity contribution in [2.45, 2.75) is 12.1 Å². The van der Waals surface area contributed by atoms with Crippen molar-refractivity contribution in [3.63, 3.8) is 0 Å². The summed E-state index contributed by atoms with van der Waals surface area (Å²) in [5.41, 5.74) is 6.61. The van der Waals surface area contributed by atoms with E-state index in [0.717, 1.165) is 5.56 Å². The first-order valence-electron chi connectivity index (χ1n) is 5.00. The summed E-state index contributed by atoms with van der Waals surface area (Å²) in [4.78, 5) is 0. The summed E-state index contributed by atoms with van der Waals surface area (Å²) in [5.74, 6) is 1.66. The van der Waals surface area contributed by atoms with E-state index in [9.17, 15) is 5.11 Å². The number of methoxy groups -OCH3 is 2. The van der Waals surface area contributed by atoms with E-state index in [-0.39, 0.29) is 6.61 Å². The third-order valence-electron chi connectivity index (χ3n) is 2.70. The van der Waals surface area contributed by atoms with Crippen molar-refractivity contribution < 1.29 is 19.3 Å². The highest BCUT2D eigenvalue weighted by molar-refractivity contribution is 5.57. The average Bonchev–Trinajstić information content (AvgIpc) is 2.32. The molecule has 16 heavy (non-hydrogen) atoms. The van der Waals surface area contributed by atoms with Crippen molar-refractivity contribution in [3.8, 4) is 17.2 Å². The van der Waals surface area contributed by atoms with Crippen molar-refractivity contribution in [2.24, 2.45) is 5.73 Å². The van der Waals surface area contributed by atoms with Crippen LogP contribution in [0.5, 0.6) is 17.2 Å². The Kier molecular flexibility index (Phi) is 2.89. The van der Waals surface area contributed by atoms with Crippen LogP contribution in [0.4, 0.5) is 0 Å². The molecule has 0 spiro atoms. The van der Waals surface area contributed by atoms with Gasteiger partial charge in [-0.25, -0.2) is 0 Å². The van der Waals surface area contributed by atoms with Crippen LogP contribution in [-0.2, 0) is 0 Å². The Morgan fingerprint density at radius 2 is 2.12 bits per heavy atom. The molecular weight excluding hydrogens is 210 g/mol. The Labute approximate surface area is 93.7 Å². The maximum atomic E-state index is 9.59. The van der Waals surface area contributed by atoms with E-state index in [0.29, 0.717) is 17.2 Å². The van der Waals surface area contributed by atoms with Crippen molar-refractivity contribution in [2.75, 3.05) is 20.8 Å². The van der Waals surface area contributed by atoms with Crippen LogP contribution in [0.2, 0.25) is 0 Å². The van der Waals surface area contributed by atoms with Crippen LogP contribution < -0.4 is 19.9 Å². The Morgan fingerprint density at radius 1 is 1.38 bits per heavy atom. The summed E-state index contributed by atoms with van der Waals surface area (Å²) < 4.78 is 15.8. The van der Waals surface area contributed by atoms with Crippen molar-refractivity contribution in [1.82, 2.24) is 0 Å². The van der Waals surface area contributed by atoms with Crippen LogP contribution in [0.25, 0.3) is 0 Å². The maximum Gasteiger partial charge on any atom is 0.203 e.